The molecule has 0 saturated carbocycles. The van der Waals surface area contributed by atoms with E-state index in [0.717, 1.165) is 40.6 Å². The van der Waals surface area contributed by atoms with Crippen LogP contribution in [0, 0.1) is 18.6 Å². The van der Waals surface area contributed by atoms with E-state index in [0.29, 0.717) is 29.8 Å². The summed E-state index contributed by atoms with van der Waals surface area (Å²) >= 11 is 7.09. The molecule has 0 amide bonds. The minimum absolute atomic E-state index is 0.0688. The molecule has 240 valence electrons. The predicted octanol–water partition coefficient (Wildman–Crippen LogP) is 7.17. The normalized spacial score (nSPS) is 12.2. The Bertz CT molecular complexity index is 2120. The van der Waals surface area contributed by atoms with Gasteiger partial charge in [-0.25, -0.2) is 13.8 Å². The Balaban J connectivity index is 1.57. The molecule has 0 N–H and O–H groups in total. The smallest absolute Gasteiger partial charge is 0.419 e. The lowest BCUT2D eigenvalue weighted by molar-refractivity contribution is -0.140. The molecule has 0 fully saturated rings. The van der Waals surface area contributed by atoms with E-state index < -0.39 is 75.6 Å². The quantitative estimate of drug-likeness (QED) is 0.115. The molecule has 0 bridgehead atoms. The van der Waals surface area contributed by atoms with Gasteiger partial charge >= 0.3 is 16.3 Å². The predicted molar refractivity (Wildman–Crippen MR) is 155 cm³/mol. The van der Waals surface area contributed by atoms with Crippen LogP contribution in [0.2, 0.25) is 5.02 Å². The Hall–Kier alpha value is -4.23. The second kappa shape index (κ2) is 12.5. The van der Waals surface area contributed by atoms with E-state index in [-0.39, 0.29) is 15.6 Å². The molecule has 2 aromatic heterocycles. The zero-order valence-corrected chi connectivity index (χ0v) is 25.9. The minimum atomic E-state index is -5.25. The van der Waals surface area contributed by atoms with Crippen molar-refractivity contribution in [2.75, 3.05) is 4.47 Å². The van der Waals surface area contributed by atoms with E-state index in [1.54, 1.807) is 6.92 Å². The fraction of sp³-hybridized carbons (Fsp3) is 0.0741. The lowest BCUT2D eigenvalue weighted by Gasteiger charge is -2.21. The molecule has 0 aliphatic heterocycles. The van der Waals surface area contributed by atoms with Gasteiger partial charge in [-0.1, -0.05) is 29.3 Å². The summed E-state index contributed by atoms with van der Waals surface area (Å²) in [7, 11) is -10.1. The van der Waals surface area contributed by atoms with E-state index in [4.69, 9.17) is 20.6 Å². The maximum Gasteiger partial charge on any atom is 0.419 e. The van der Waals surface area contributed by atoms with E-state index in [2.05, 4.69) is 15.2 Å². The van der Waals surface area contributed by atoms with Gasteiger partial charge in [0.15, 0.2) is 5.82 Å². The summed E-state index contributed by atoms with van der Waals surface area (Å²) in [6, 6.07) is 8.30. The number of thiazole rings is 1. The molecular formula is C27H16ClF5N4O6S3. The number of benzene rings is 3. The lowest BCUT2D eigenvalue weighted by Crippen LogP contribution is -2.34. The molecule has 19 heteroatoms. The fourth-order valence-electron chi connectivity index (χ4n) is 3.86. The van der Waals surface area contributed by atoms with Gasteiger partial charge in [0.25, 0.3) is 10.0 Å². The number of nitrogens with zero attached hydrogens (tertiary/aromatic N) is 4. The van der Waals surface area contributed by atoms with Crippen molar-refractivity contribution in [3.05, 3.63) is 106 Å². The Morgan fingerprint density at radius 3 is 2.24 bits per heavy atom. The molecule has 0 aliphatic carbocycles. The zero-order valence-electron chi connectivity index (χ0n) is 22.7. The topological polar surface area (TPSA) is 129 Å². The Morgan fingerprint density at radius 2 is 1.63 bits per heavy atom. The van der Waals surface area contributed by atoms with E-state index in [1.807, 2.05) is 0 Å². The zero-order chi connectivity index (χ0) is 33.4. The molecule has 0 atom stereocenters. The third-order valence-electron chi connectivity index (χ3n) is 6.05. The lowest BCUT2D eigenvalue weighted by atomic mass is 10.0. The van der Waals surface area contributed by atoms with Crippen molar-refractivity contribution in [2.45, 2.75) is 22.9 Å². The highest BCUT2D eigenvalue weighted by Gasteiger charge is 2.37. The van der Waals surface area contributed by atoms with Crippen molar-refractivity contribution in [1.29, 1.82) is 0 Å². The fourth-order valence-corrected chi connectivity index (χ4v) is 7.17. The average Bonchev–Trinajstić information content (AvgIpc) is 3.53. The van der Waals surface area contributed by atoms with Crippen LogP contribution in [0.1, 0.15) is 11.1 Å². The number of hydrogen-bond acceptors (Lipinski definition) is 10. The number of sulfonamides is 1. The van der Waals surface area contributed by atoms with Crippen molar-refractivity contribution >= 4 is 48.9 Å². The summed E-state index contributed by atoms with van der Waals surface area (Å²) in [5, 5.41) is 7.62. The largest absolute Gasteiger partial charge is 0.455 e. The standard InChI is InChI=1S/C27H16ClF5N4O6S3/c1-15-2-4-17(5-3-15)46(40,41)43-37(26-13-44-14-34-26)45(38,39)25-10-20(28)24(11-22(25)30)42-23-9-19(27(31,32)33)21(29)8-18(23)16-6-7-35-36-12-16/h2-14H,1H3. The van der Waals surface area contributed by atoms with Crippen LogP contribution in [0.5, 0.6) is 11.5 Å². The first-order chi connectivity index (χ1) is 21.6. The number of alkyl halides is 3. The Kier molecular flexibility index (Phi) is 9.02. The van der Waals surface area contributed by atoms with Gasteiger partial charge in [-0.15, -0.1) is 20.1 Å². The molecule has 5 aromatic rings. The maximum absolute atomic E-state index is 15.6. The first kappa shape index (κ1) is 33.1. The number of hydrogen-bond donors (Lipinski definition) is 0. The summed E-state index contributed by atoms with van der Waals surface area (Å²) < 4.78 is 134. The molecule has 10 nitrogen and oxygen atoms in total. The molecule has 0 saturated heterocycles. The molecule has 0 spiro atoms. The molecular weight excluding hydrogens is 703 g/mol. The van der Waals surface area contributed by atoms with Crippen LogP contribution in [0.15, 0.2) is 87.7 Å². The molecule has 46 heavy (non-hydrogen) atoms. The summed E-state index contributed by atoms with van der Waals surface area (Å²) in [4.78, 5) is 2.14. The number of anilines is 1. The van der Waals surface area contributed by atoms with Crippen molar-refractivity contribution in [1.82, 2.24) is 15.2 Å². The van der Waals surface area contributed by atoms with E-state index in [9.17, 15) is 34.4 Å². The first-order valence-corrected chi connectivity index (χ1v) is 16.5. The van der Waals surface area contributed by atoms with Crippen molar-refractivity contribution < 1.29 is 47.8 Å². The maximum atomic E-state index is 15.6. The van der Waals surface area contributed by atoms with Crippen LogP contribution >= 0.6 is 22.9 Å². The number of aryl methyl sites for hydroxylation is 1. The second-order valence-electron chi connectivity index (χ2n) is 9.19. The van der Waals surface area contributed by atoms with Gasteiger partial charge in [-0.3, -0.25) is 0 Å². The SMILES string of the molecule is Cc1ccc(S(=O)(=O)ON(c2cscn2)S(=O)(=O)c2cc(Cl)c(Oc3cc(C(F)(F)F)c(F)cc3-c3ccnnc3)cc2F)cc1. The van der Waals surface area contributed by atoms with Crippen LogP contribution in [-0.2, 0) is 30.6 Å². The van der Waals surface area contributed by atoms with Gasteiger partial charge in [0.2, 0.25) is 0 Å². The van der Waals surface area contributed by atoms with Crippen LogP contribution in [0.3, 0.4) is 0 Å². The number of ether oxygens (including phenoxy) is 1. The van der Waals surface area contributed by atoms with Crippen LogP contribution in [0.4, 0.5) is 27.8 Å². The molecule has 0 aliphatic rings. The van der Waals surface area contributed by atoms with Gasteiger partial charge in [-0.05, 0) is 43.3 Å². The minimum Gasteiger partial charge on any atom is -0.455 e. The first-order valence-electron chi connectivity index (χ1n) is 12.4. The van der Waals surface area contributed by atoms with E-state index in [1.165, 1.54) is 24.4 Å². The summed E-state index contributed by atoms with van der Waals surface area (Å²) in [6.07, 6.45) is -2.87. The van der Waals surface area contributed by atoms with Gasteiger partial charge in [0.1, 0.15) is 28.0 Å². The van der Waals surface area contributed by atoms with Crippen LogP contribution < -0.4 is 9.21 Å². The molecule has 3 aromatic carbocycles. The Morgan fingerprint density at radius 1 is 0.913 bits per heavy atom. The number of aromatic nitrogens is 3. The monoisotopic (exact) mass is 718 g/mol. The average molecular weight is 719 g/mol. The number of halogens is 6. The Labute approximate surface area is 266 Å². The second-order valence-corrected chi connectivity index (χ2v) is 13.6. The highest BCUT2D eigenvalue weighted by molar-refractivity contribution is 7.94. The van der Waals surface area contributed by atoms with Gasteiger partial charge in [0, 0.05) is 22.6 Å². The van der Waals surface area contributed by atoms with Gasteiger partial charge in [0.05, 0.1) is 33.4 Å². The molecule has 0 unspecified atom stereocenters. The summed E-state index contributed by atoms with van der Waals surface area (Å²) in [5.74, 6) is -5.07. The highest BCUT2D eigenvalue weighted by atomic mass is 35.5. The molecule has 0 radical (unpaired) electrons. The summed E-state index contributed by atoms with van der Waals surface area (Å²) in [6.45, 7) is 1.69. The van der Waals surface area contributed by atoms with E-state index >= 15 is 4.39 Å². The molecule has 5 rings (SSSR count). The third kappa shape index (κ3) is 6.80. The van der Waals surface area contributed by atoms with Gasteiger partial charge < -0.3 is 4.74 Å². The van der Waals surface area contributed by atoms with Crippen LogP contribution in [-0.4, -0.2) is 32.0 Å². The van der Waals surface area contributed by atoms with Crippen molar-refractivity contribution in [2.24, 2.45) is 0 Å². The van der Waals surface area contributed by atoms with Crippen LogP contribution in [0.25, 0.3) is 11.1 Å². The highest BCUT2D eigenvalue weighted by Crippen LogP contribution is 2.43. The van der Waals surface area contributed by atoms with Gasteiger partial charge in [-0.2, -0.15) is 40.2 Å². The molecule has 2 heterocycles. The van der Waals surface area contributed by atoms with Crippen molar-refractivity contribution in [3.63, 3.8) is 0 Å². The van der Waals surface area contributed by atoms with Crippen molar-refractivity contribution in [3.8, 4) is 22.6 Å². The summed E-state index contributed by atoms with van der Waals surface area (Å²) in [5.41, 5.74) is -0.0396. The third-order valence-corrected chi connectivity index (χ3v) is 9.78. The number of rotatable bonds is 9.